The van der Waals surface area contributed by atoms with Gasteiger partial charge in [0.05, 0.1) is 11.5 Å². The highest BCUT2D eigenvalue weighted by Crippen LogP contribution is 2.55. The highest BCUT2D eigenvalue weighted by molar-refractivity contribution is 8.12. The highest BCUT2D eigenvalue weighted by atomic mass is 32.4. The Hall–Kier alpha value is -0.370. The van der Waals surface area contributed by atoms with Gasteiger partial charge < -0.3 is 9.84 Å². The molecule has 1 aromatic carbocycles. The van der Waals surface area contributed by atoms with Crippen molar-refractivity contribution in [2.24, 2.45) is 0 Å². The molecule has 0 amide bonds. The van der Waals surface area contributed by atoms with E-state index in [1.54, 1.807) is 0 Å². The Labute approximate surface area is 103 Å². The van der Waals surface area contributed by atoms with Gasteiger partial charge in [-0.25, -0.2) is 0 Å². The fraction of sp³-hybridized carbons (Fsp3) is 0.500. The summed E-state index contributed by atoms with van der Waals surface area (Å²) in [7, 11) is 0. The van der Waals surface area contributed by atoms with Crippen molar-refractivity contribution in [2.75, 3.05) is 18.6 Å². The van der Waals surface area contributed by atoms with E-state index in [1.807, 2.05) is 43.9 Å². The summed E-state index contributed by atoms with van der Waals surface area (Å²) >= 11 is 5.60. The highest BCUT2D eigenvalue weighted by Gasteiger charge is 2.32. The van der Waals surface area contributed by atoms with Crippen molar-refractivity contribution >= 4 is 23.8 Å². The van der Waals surface area contributed by atoms with Gasteiger partial charge in [-0.05, 0) is 39.6 Å². The summed E-state index contributed by atoms with van der Waals surface area (Å²) in [5, 5.41) is 3.27. The molecular formula is C12H20NOPS. The Morgan fingerprint density at radius 2 is 1.88 bits per heavy atom. The number of para-hydroxylation sites is 1. The number of rotatable bonds is 5. The summed E-state index contributed by atoms with van der Waals surface area (Å²) in [5.74, 6) is 0. The third kappa shape index (κ3) is 3.31. The van der Waals surface area contributed by atoms with Crippen LogP contribution in [0.1, 0.15) is 20.8 Å². The second kappa shape index (κ2) is 5.31. The molecule has 16 heavy (non-hydrogen) atoms. The maximum Gasteiger partial charge on any atom is 0.0878 e. The average molecular weight is 257 g/mol. The van der Waals surface area contributed by atoms with E-state index in [2.05, 4.69) is 19.2 Å². The Bertz CT molecular complexity index is 378. The van der Waals surface area contributed by atoms with Crippen LogP contribution < -0.4 is 5.32 Å². The minimum absolute atomic E-state index is 0.195. The van der Waals surface area contributed by atoms with E-state index in [-0.39, 0.29) is 5.28 Å². The Morgan fingerprint density at radius 1 is 1.31 bits per heavy atom. The second-order valence-corrected chi connectivity index (χ2v) is 9.47. The summed E-state index contributed by atoms with van der Waals surface area (Å²) in [6.07, 6.45) is -1.84. The van der Waals surface area contributed by atoms with Crippen LogP contribution in [-0.2, 0) is 16.3 Å². The molecule has 4 heteroatoms. The molecule has 1 aromatic rings. The maximum absolute atomic E-state index is 5.73. The van der Waals surface area contributed by atoms with Crippen molar-refractivity contribution in [2.45, 2.75) is 26.1 Å². The first-order valence-electron chi connectivity index (χ1n) is 5.44. The number of hydrogen-bond acceptors (Lipinski definition) is 3. The lowest BCUT2D eigenvalue weighted by atomic mass is 10.3. The van der Waals surface area contributed by atoms with Crippen LogP contribution in [0.3, 0.4) is 0 Å². The van der Waals surface area contributed by atoms with Crippen molar-refractivity contribution in [3.8, 4) is 0 Å². The predicted octanol–water partition coefficient (Wildman–Crippen LogP) is 3.90. The topological polar surface area (TPSA) is 21.3 Å². The van der Waals surface area contributed by atoms with E-state index in [0.29, 0.717) is 6.61 Å². The van der Waals surface area contributed by atoms with Crippen LogP contribution in [0.5, 0.6) is 0 Å². The van der Waals surface area contributed by atoms with Crippen molar-refractivity contribution < 1.29 is 4.52 Å². The molecule has 1 N–H and O–H groups in total. The molecule has 0 aliphatic carbocycles. The molecule has 1 unspecified atom stereocenters. The zero-order chi connectivity index (χ0) is 12.2. The van der Waals surface area contributed by atoms with Gasteiger partial charge in [-0.1, -0.05) is 30.0 Å². The van der Waals surface area contributed by atoms with E-state index in [9.17, 15) is 0 Å². The second-order valence-electron chi connectivity index (χ2n) is 4.31. The molecule has 0 bridgehead atoms. The largest absolute Gasteiger partial charge is 0.373 e. The van der Waals surface area contributed by atoms with Crippen LogP contribution in [0.15, 0.2) is 30.3 Å². The monoisotopic (exact) mass is 257 g/mol. The normalized spacial score (nSPS) is 15.5. The standard InChI is InChI=1S/C12H20NOPS/c1-5-14-15(4,16)12(2,3)13-11-9-7-6-8-10-11/h6-10,13H,5H2,1-4H3. The molecule has 0 heterocycles. The van der Waals surface area contributed by atoms with E-state index >= 15 is 0 Å². The Morgan fingerprint density at radius 3 is 2.38 bits per heavy atom. The first-order chi connectivity index (χ1) is 7.39. The van der Waals surface area contributed by atoms with Gasteiger partial charge in [0.25, 0.3) is 0 Å². The molecule has 0 saturated carbocycles. The summed E-state index contributed by atoms with van der Waals surface area (Å²) in [5.41, 5.74) is 1.09. The molecule has 0 aliphatic heterocycles. The van der Waals surface area contributed by atoms with Crippen LogP contribution in [0, 0.1) is 0 Å². The van der Waals surface area contributed by atoms with Crippen molar-refractivity contribution in [3.05, 3.63) is 30.3 Å². The first kappa shape index (κ1) is 13.7. The predicted molar refractivity (Wildman–Crippen MR) is 76.0 cm³/mol. The van der Waals surface area contributed by atoms with Gasteiger partial charge >= 0.3 is 0 Å². The number of benzene rings is 1. The zero-order valence-electron chi connectivity index (χ0n) is 10.4. The molecule has 0 aliphatic rings. The van der Waals surface area contributed by atoms with Crippen molar-refractivity contribution in [3.63, 3.8) is 0 Å². The van der Waals surface area contributed by atoms with Gasteiger partial charge in [-0.3, -0.25) is 0 Å². The van der Waals surface area contributed by atoms with E-state index in [1.165, 1.54) is 0 Å². The molecule has 0 aromatic heterocycles. The molecule has 0 radical (unpaired) electrons. The van der Waals surface area contributed by atoms with E-state index in [4.69, 9.17) is 16.3 Å². The van der Waals surface area contributed by atoms with Gasteiger partial charge in [0.2, 0.25) is 0 Å². The van der Waals surface area contributed by atoms with Crippen molar-refractivity contribution in [1.82, 2.24) is 0 Å². The summed E-state index contributed by atoms with van der Waals surface area (Å²) in [6, 6.07) is 10.1. The SMILES string of the molecule is CCOP(C)(=S)C(C)(C)Nc1ccccc1. The number of hydrogen-bond donors (Lipinski definition) is 1. The lowest BCUT2D eigenvalue weighted by Crippen LogP contribution is -2.31. The zero-order valence-corrected chi connectivity index (χ0v) is 12.1. The molecule has 1 rings (SSSR count). The number of nitrogens with one attached hydrogen (secondary N) is 1. The van der Waals surface area contributed by atoms with Crippen molar-refractivity contribution in [1.29, 1.82) is 0 Å². The fourth-order valence-electron chi connectivity index (χ4n) is 1.38. The summed E-state index contributed by atoms with van der Waals surface area (Å²) in [4.78, 5) is 0. The van der Waals surface area contributed by atoms with Crippen LogP contribution in [0.2, 0.25) is 0 Å². The minimum Gasteiger partial charge on any atom is -0.373 e. The quantitative estimate of drug-likeness (QED) is 0.808. The van der Waals surface area contributed by atoms with Gasteiger partial charge in [0, 0.05) is 12.3 Å². The smallest absolute Gasteiger partial charge is 0.0878 e. The van der Waals surface area contributed by atoms with E-state index in [0.717, 1.165) is 5.69 Å². The fourth-order valence-corrected chi connectivity index (χ4v) is 2.98. The van der Waals surface area contributed by atoms with E-state index < -0.39 is 6.26 Å². The summed E-state index contributed by atoms with van der Waals surface area (Å²) < 4.78 is 5.73. The average Bonchev–Trinajstić information content (AvgIpc) is 2.18. The Balaban J connectivity index is 2.83. The van der Waals surface area contributed by atoms with Crippen LogP contribution in [-0.4, -0.2) is 18.6 Å². The minimum atomic E-state index is -1.84. The molecule has 1 atom stereocenters. The lowest BCUT2D eigenvalue weighted by Gasteiger charge is -2.36. The van der Waals surface area contributed by atoms with Gasteiger partial charge in [0.1, 0.15) is 0 Å². The van der Waals surface area contributed by atoms with Crippen LogP contribution in [0.25, 0.3) is 0 Å². The Kier molecular flexibility index (Phi) is 4.54. The third-order valence-electron chi connectivity index (χ3n) is 2.61. The molecule has 0 saturated heterocycles. The van der Waals surface area contributed by atoms with Gasteiger partial charge in [-0.2, -0.15) is 0 Å². The molecule has 90 valence electrons. The summed E-state index contributed by atoms with van der Waals surface area (Å²) in [6.45, 7) is 8.92. The lowest BCUT2D eigenvalue weighted by molar-refractivity contribution is 0.367. The third-order valence-corrected chi connectivity index (χ3v) is 7.19. The van der Waals surface area contributed by atoms with Crippen LogP contribution >= 0.6 is 6.26 Å². The molecular weight excluding hydrogens is 237 g/mol. The van der Waals surface area contributed by atoms with Gasteiger partial charge in [-0.15, -0.1) is 0 Å². The van der Waals surface area contributed by atoms with Crippen LogP contribution in [0.4, 0.5) is 5.69 Å². The number of anilines is 1. The first-order valence-corrected chi connectivity index (χ1v) is 8.61. The van der Waals surface area contributed by atoms with Gasteiger partial charge in [0.15, 0.2) is 0 Å². The molecule has 0 spiro atoms. The maximum atomic E-state index is 5.73. The molecule has 0 fully saturated rings. The molecule has 2 nitrogen and oxygen atoms in total.